The van der Waals surface area contributed by atoms with Crippen LogP contribution in [0.15, 0.2) is 78.9 Å². The average Bonchev–Trinajstić information content (AvgIpc) is 3.41. The van der Waals surface area contributed by atoms with Crippen molar-refractivity contribution in [3.8, 4) is 22.4 Å². The molecule has 2 aromatic heterocycles. The Bertz CT molecular complexity index is 1790. The molecule has 2 amide bonds. The minimum absolute atomic E-state index is 0.00285. The van der Waals surface area contributed by atoms with Crippen molar-refractivity contribution < 1.29 is 14.0 Å². The number of aromatic nitrogens is 3. The van der Waals surface area contributed by atoms with Crippen molar-refractivity contribution in [3.63, 3.8) is 0 Å². The van der Waals surface area contributed by atoms with E-state index in [0.717, 1.165) is 53.5 Å². The van der Waals surface area contributed by atoms with Gasteiger partial charge in [-0.1, -0.05) is 32.0 Å². The van der Waals surface area contributed by atoms with E-state index in [-0.39, 0.29) is 29.2 Å². The van der Waals surface area contributed by atoms with Crippen LogP contribution in [-0.4, -0.2) is 45.0 Å². The van der Waals surface area contributed by atoms with Crippen molar-refractivity contribution in [3.05, 3.63) is 95.9 Å². The summed E-state index contributed by atoms with van der Waals surface area (Å²) in [5.74, 6) is 0.285. The van der Waals surface area contributed by atoms with Gasteiger partial charge in [-0.2, -0.15) is 5.10 Å². The van der Waals surface area contributed by atoms with Gasteiger partial charge in [0.05, 0.1) is 16.6 Å². The molecule has 0 radical (unpaired) electrons. The maximum Gasteiger partial charge on any atom is 0.274 e. The van der Waals surface area contributed by atoms with Crippen LogP contribution in [0.4, 0.5) is 15.9 Å². The third kappa shape index (κ3) is 5.83. The summed E-state index contributed by atoms with van der Waals surface area (Å²) in [4.78, 5) is 31.9. The largest absolute Gasteiger partial charge is 0.382 e. The predicted molar refractivity (Wildman–Crippen MR) is 167 cm³/mol. The summed E-state index contributed by atoms with van der Waals surface area (Å²) in [5, 5.41) is 11.1. The normalized spacial score (nSPS) is 13.9. The SMILES string of the molecule is CC(C)C(=O)N1CCC(c2cc(-c3ccc(NC(=O)c4cccc(-c5ccc(F)cc5)n4)cc3)c3c(N)n[nH]c3c2)CC1. The van der Waals surface area contributed by atoms with E-state index in [1.54, 1.807) is 30.3 Å². The standard InChI is InChI=1S/C34H33FN6O2/c1-20(2)34(43)41-16-14-21(15-17-41)24-18-27(31-30(19-24)39-40-32(31)36)22-8-12-26(13-9-22)37-33(42)29-5-3-4-28(38-29)23-6-10-25(35)11-7-23/h3-13,18-21H,14-17H2,1-2H3,(H,37,42)(H3,36,39,40). The number of pyridine rings is 1. The van der Waals surface area contributed by atoms with E-state index in [4.69, 9.17) is 5.73 Å². The number of nitrogen functional groups attached to an aromatic ring is 1. The van der Waals surface area contributed by atoms with Gasteiger partial charge in [0.25, 0.3) is 5.91 Å². The van der Waals surface area contributed by atoms with E-state index < -0.39 is 0 Å². The smallest absolute Gasteiger partial charge is 0.274 e. The van der Waals surface area contributed by atoms with Gasteiger partial charge in [0.2, 0.25) is 5.91 Å². The van der Waals surface area contributed by atoms with E-state index in [1.807, 2.05) is 43.0 Å². The van der Waals surface area contributed by atoms with Crippen LogP contribution in [-0.2, 0) is 4.79 Å². The molecule has 1 fully saturated rings. The zero-order valence-electron chi connectivity index (χ0n) is 24.1. The van der Waals surface area contributed by atoms with Gasteiger partial charge in [-0.05, 0) is 96.1 Å². The molecule has 0 saturated carbocycles. The van der Waals surface area contributed by atoms with Crippen LogP contribution in [0, 0.1) is 11.7 Å². The van der Waals surface area contributed by atoms with Gasteiger partial charge in [0.1, 0.15) is 11.5 Å². The number of benzene rings is 3. The molecule has 4 N–H and O–H groups in total. The van der Waals surface area contributed by atoms with Crippen molar-refractivity contribution in [2.24, 2.45) is 5.92 Å². The van der Waals surface area contributed by atoms with Gasteiger partial charge in [-0.25, -0.2) is 9.37 Å². The van der Waals surface area contributed by atoms with Crippen molar-refractivity contribution in [2.45, 2.75) is 32.6 Å². The number of rotatable bonds is 6. The number of nitrogens with two attached hydrogens (primary N) is 1. The molecular weight excluding hydrogens is 543 g/mol. The number of amides is 2. The molecule has 0 aliphatic carbocycles. The predicted octanol–water partition coefficient (Wildman–Crippen LogP) is 6.63. The van der Waals surface area contributed by atoms with Gasteiger partial charge >= 0.3 is 0 Å². The van der Waals surface area contributed by atoms with Gasteiger partial charge in [-0.3, -0.25) is 14.7 Å². The third-order valence-electron chi connectivity index (χ3n) is 8.06. The number of carbonyl (C=O) groups is 2. The molecule has 218 valence electrons. The highest BCUT2D eigenvalue weighted by molar-refractivity contribution is 6.04. The van der Waals surface area contributed by atoms with Crippen LogP contribution >= 0.6 is 0 Å². The monoisotopic (exact) mass is 576 g/mol. The molecule has 0 atom stereocenters. The Kier molecular flexibility index (Phi) is 7.63. The van der Waals surface area contributed by atoms with E-state index in [9.17, 15) is 14.0 Å². The number of halogens is 1. The Hall–Kier alpha value is -5.05. The maximum absolute atomic E-state index is 13.3. The second kappa shape index (κ2) is 11.7. The van der Waals surface area contributed by atoms with Gasteiger partial charge < -0.3 is 16.0 Å². The number of anilines is 2. The lowest BCUT2D eigenvalue weighted by Gasteiger charge is -2.33. The quantitative estimate of drug-likeness (QED) is 0.210. The Balaban J connectivity index is 1.21. The minimum Gasteiger partial charge on any atom is -0.382 e. The highest BCUT2D eigenvalue weighted by Gasteiger charge is 2.26. The number of aromatic amines is 1. The summed E-state index contributed by atoms with van der Waals surface area (Å²) < 4.78 is 13.3. The highest BCUT2D eigenvalue weighted by atomic mass is 19.1. The number of hydrogen-bond donors (Lipinski definition) is 3. The minimum atomic E-state index is -0.345. The fourth-order valence-corrected chi connectivity index (χ4v) is 5.74. The molecule has 0 unspecified atom stereocenters. The van der Waals surface area contributed by atoms with Gasteiger partial charge in [-0.15, -0.1) is 0 Å². The molecule has 1 aliphatic rings. The molecule has 3 aromatic carbocycles. The molecule has 1 saturated heterocycles. The molecule has 43 heavy (non-hydrogen) atoms. The highest BCUT2D eigenvalue weighted by Crippen LogP contribution is 2.38. The molecule has 6 rings (SSSR count). The maximum atomic E-state index is 13.3. The van der Waals surface area contributed by atoms with Crippen LogP contribution < -0.4 is 11.1 Å². The van der Waals surface area contributed by atoms with E-state index >= 15 is 0 Å². The number of H-pyrrole nitrogens is 1. The number of hydrogen-bond acceptors (Lipinski definition) is 5. The number of nitrogens with zero attached hydrogens (tertiary/aromatic N) is 3. The summed E-state index contributed by atoms with van der Waals surface area (Å²) in [6.45, 7) is 5.38. The van der Waals surface area contributed by atoms with Crippen molar-refractivity contribution in [1.82, 2.24) is 20.1 Å². The summed E-state index contributed by atoms with van der Waals surface area (Å²) in [7, 11) is 0. The summed E-state index contributed by atoms with van der Waals surface area (Å²) in [5.41, 5.74) is 12.4. The van der Waals surface area contributed by atoms with E-state index in [0.29, 0.717) is 23.1 Å². The zero-order chi connectivity index (χ0) is 30.1. The Morgan fingerprint density at radius 2 is 1.67 bits per heavy atom. The zero-order valence-corrected chi connectivity index (χ0v) is 24.1. The Morgan fingerprint density at radius 3 is 2.37 bits per heavy atom. The first-order valence-electron chi connectivity index (χ1n) is 14.5. The second-order valence-corrected chi connectivity index (χ2v) is 11.3. The fourth-order valence-electron chi connectivity index (χ4n) is 5.74. The lowest BCUT2D eigenvalue weighted by Crippen LogP contribution is -2.40. The van der Waals surface area contributed by atoms with Crippen LogP contribution in [0.1, 0.15) is 48.7 Å². The van der Waals surface area contributed by atoms with Crippen molar-refractivity contribution >= 4 is 34.2 Å². The first-order valence-corrected chi connectivity index (χ1v) is 14.5. The van der Waals surface area contributed by atoms with Crippen LogP contribution in [0.2, 0.25) is 0 Å². The van der Waals surface area contributed by atoms with Crippen LogP contribution in [0.5, 0.6) is 0 Å². The molecule has 9 heteroatoms. The number of likely N-dealkylation sites (tertiary alicyclic amines) is 1. The molecule has 8 nitrogen and oxygen atoms in total. The lowest BCUT2D eigenvalue weighted by atomic mass is 9.86. The first-order chi connectivity index (χ1) is 20.8. The Labute approximate surface area is 249 Å². The van der Waals surface area contributed by atoms with E-state index in [1.165, 1.54) is 17.7 Å². The van der Waals surface area contributed by atoms with Gasteiger partial charge in [0.15, 0.2) is 5.82 Å². The molecule has 3 heterocycles. The topological polar surface area (TPSA) is 117 Å². The molecule has 1 aliphatic heterocycles. The van der Waals surface area contributed by atoms with Gasteiger partial charge in [0, 0.05) is 30.3 Å². The summed E-state index contributed by atoms with van der Waals surface area (Å²) in [6.07, 6.45) is 1.79. The van der Waals surface area contributed by atoms with Crippen molar-refractivity contribution in [1.29, 1.82) is 0 Å². The average molecular weight is 577 g/mol. The van der Waals surface area contributed by atoms with Crippen molar-refractivity contribution in [2.75, 3.05) is 24.1 Å². The summed E-state index contributed by atoms with van der Waals surface area (Å²) in [6, 6.07) is 23.1. The first kappa shape index (κ1) is 28.1. The molecular formula is C34H33FN6O2. The number of piperidine rings is 1. The fraction of sp³-hybridized carbons (Fsp3) is 0.235. The van der Waals surface area contributed by atoms with Crippen LogP contribution in [0.25, 0.3) is 33.3 Å². The second-order valence-electron chi connectivity index (χ2n) is 11.3. The number of carbonyl (C=O) groups excluding carboxylic acids is 2. The number of nitrogens with one attached hydrogen (secondary N) is 2. The number of fused-ring (bicyclic) bond motifs is 1. The molecule has 5 aromatic rings. The summed E-state index contributed by atoms with van der Waals surface area (Å²) >= 11 is 0. The van der Waals surface area contributed by atoms with E-state index in [2.05, 4.69) is 32.6 Å². The van der Waals surface area contributed by atoms with Crippen LogP contribution in [0.3, 0.4) is 0 Å². The third-order valence-corrected chi connectivity index (χ3v) is 8.06. The lowest BCUT2D eigenvalue weighted by molar-refractivity contribution is -0.135. The Morgan fingerprint density at radius 1 is 0.977 bits per heavy atom. The molecule has 0 spiro atoms. The molecule has 0 bridgehead atoms.